The first-order valence-corrected chi connectivity index (χ1v) is 4.70. The SMILES string of the molecule is CN(C)c1ccccc1C(C)(C)C. The molecule has 0 aromatic heterocycles. The molecule has 0 saturated carbocycles. The zero-order chi connectivity index (χ0) is 10.1. The minimum Gasteiger partial charge on any atom is -0.377 e. The zero-order valence-corrected chi connectivity index (χ0v) is 9.26. The molecule has 0 heterocycles. The molecular formula is C12H19N. The number of hydrogen-bond acceptors (Lipinski definition) is 1. The van der Waals surface area contributed by atoms with Gasteiger partial charge in [-0.2, -0.15) is 0 Å². The van der Waals surface area contributed by atoms with Crippen LogP contribution in [0.3, 0.4) is 0 Å². The molecular weight excluding hydrogens is 158 g/mol. The maximum Gasteiger partial charge on any atom is 0.0398 e. The Hall–Kier alpha value is -0.980. The van der Waals surface area contributed by atoms with Gasteiger partial charge in [-0.25, -0.2) is 0 Å². The highest BCUT2D eigenvalue weighted by molar-refractivity contribution is 5.55. The van der Waals surface area contributed by atoms with Crippen molar-refractivity contribution in [1.29, 1.82) is 0 Å². The summed E-state index contributed by atoms with van der Waals surface area (Å²) in [4.78, 5) is 2.17. The predicted octanol–water partition coefficient (Wildman–Crippen LogP) is 3.05. The van der Waals surface area contributed by atoms with E-state index in [-0.39, 0.29) is 5.41 Å². The fraction of sp³-hybridized carbons (Fsp3) is 0.500. The Morgan fingerprint density at radius 1 is 1.00 bits per heavy atom. The van der Waals surface area contributed by atoms with Crippen molar-refractivity contribution >= 4 is 5.69 Å². The Bertz CT molecular complexity index is 281. The van der Waals surface area contributed by atoms with E-state index in [2.05, 4.69) is 64.0 Å². The Balaban J connectivity index is 3.20. The van der Waals surface area contributed by atoms with E-state index in [1.54, 1.807) is 0 Å². The molecule has 0 radical (unpaired) electrons. The minimum absolute atomic E-state index is 0.223. The summed E-state index contributed by atoms with van der Waals surface area (Å²) >= 11 is 0. The van der Waals surface area contributed by atoms with Crippen molar-refractivity contribution in [2.75, 3.05) is 19.0 Å². The molecule has 0 bridgehead atoms. The van der Waals surface area contributed by atoms with Crippen LogP contribution in [0, 0.1) is 0 Å². The summed E-state index contributed by atoms with van der Waals surface area (Å²) in [6, 6.07) is 8.56. The highest BCUT2D eigenvalue weighted by atomic mass is 15.1. The highest BCUT2D eigenvalue weighted by Crippen LogP contribution is 2.30. The Kier molecular flexibility index (Phi) is 2.65. The van der Waals surface area contributed by atoms with Crippen molar-refractivity contribution in [3.05, 3.63) is 29.8 Å². The van der Waals surface area contributed by atoms with Gasteiger partial charge in [-0.15, -0.1) is 0 Å². The van der Waals surface area contributed by atoms with Crippen molar-refractivity contribution < 1.29 is 0 Å². The van der Waals surface area contributed by atoms with Gasteiger partial charge in [0, 0.05) is 19.8 Å². The molecule has 0 aliphatic heterocycles. The van der Waals surface area contributed by atoms with Crippen molar-refractivity contribution in [3.8, 4) is 0 Å². The van der Waals surface area contributed by atoms with E-state index in [0.717, 1.165) is 0 Å². The third kappa shape index (κ3) is 2.24. The van der Waals surface area contributed by atoms with E-state index in [1.165, 1.54) is 11.3 Å². The van der Waals surface area contributed by atoms with Crippen LogP contribution in [0.1, 0.15) is 26.3 Å². The van der Waals surface area contributed by atoms with Crippen LogP contribution >= 0.6 is 0 Å². The van der Waals surface area contributed by atoms with Crippen LogP contribution in [-0.4, -0.2) is 14.1 Å². The Morgan fingerprint density at radius 3 is 1.92 bits per heavy atom. The average molecular weight is 177 g/mol. The number of para-hydroxylation sites is 1. The summed E-state index contributed by atoms with van der Waals surface area (Å²) in [5.41, 5.74) is 2.94. The van der Waals surface area contributed by atoms with Gasteiger partial charge in [0.1, 0.15) is 0 Å². The van der Waals surface area contributed by atoms with Crippen molar-refractivity contribution in [3.63, 3.8) is 0 Å². The number of hydrogen-bond donors (Lipinski definition) is 0. The molecule has 0 amide bonds. The first-order chi connectivity index (χ1) is 5.93. The van der Waals surface area contributed by atoms with E-state index in [0.29, 0.717) is 0 Å². The van der Waals surface area contributed by atoms with Crippen molar-refractivity contribution in [1.82, 2.24) is 0 Å². The quantitative estimate of drug-likeness (QED) is 0.637. The van der Waals surface area contributed by atoms with Crippen molar-refractivity contribution in [2.24, 2.45) is 0 Å². The summed E-state index contributed by atoms with van der Waals surface area (Å²) in [6.07, 6.45) is 0. The molecule has 0 N–H and O–H groups in total. The molecule has 1 aromatic carbocycles. The molecule has 0 aliphatic rings. The van der Waals surface area contributed by atoms with Gasteiger partial charge in [-0.05, 0) is 17.0 Å². The van der Waals surface area contributed by atoms with E-state index in [9.17, 15) is 0 Å². The van der Waals surface area contributed by atoms with E-state index in [4.69, 9.17) is 0 Å². The molecule has 0 atom stereocenters. The highest BCUT2D eigenvalue weighted by Gasteiger charge is 2.17. The lowest BCUT2D eigenvalue weighted by atomic mass is 9.85. The maximum absolute atomic E-state index is 2.25. The van der Waals surface area contributed by atoms with Gasteiger partial charge in [-0.3, -0.25) is 0 Å². The monoisotopic (exact) mass is 177 g/mol. The van der Waals surface area contributed by atoms with E-state index >= 15 is 0 Å². The molecule has 0 spiro atoms. The summed E-state index contributed by atoms with van der Waals surface area (Å²) < 4.78 is 0. The molecule has 1 heteroatoms. The summed E-state index contributed by atoms with van der Waals surface area (Å²) in [5.74, 6) is 0. The number of rotatable bonds is 1. The van der Waals surface area contributed by atoms with Crippen molar-refractivity contribution in [2.45, 2.75) is 26.2 Å². The number of anilines is 1. The normalized spacial score (nSPS) is 11.5. The van der Waals surface area contributed by atoms with Gasteiger partial charge in [0.15, 0.2) is 0 Å². The second kappa shape index (κ2) is 3.41. The van der Waals surface area contributed by atoms with Gasteiger partial charge in [0.05, 0.1) is 0 Å². The van der Waals surface area contributed by atoms with E-state index in [1.807, 2.05) is 0 Å². The van der Waals surface area contributed by atoms with Gasteiger partial charge in [0.25, 0.3) is 0 Å². The maximum atomic E-state index is 2.25. The van der Waals surface area contributed by atoms with Crippen LogP contribution < -0.4 is 4.90 Å². The molecule has 0 saturated heterocycles. The number of benzene rings is 1. The first kappa shape index (κ1) is 10.1. The second-order valence-corrected chi connectivity index (χ2v) is 4.66. The van der Waals surface area contributed by atoms with Crippen LogP contribution in [0.15, 0.2) is 24.3 Å². The molecule has 0 aliphatic carbocycles. The molecule has 0 fully saturated rings. The third-order valence-electron chi connectivity index (χ3n) is 2.19. The molecule has 13 heavy (non-hydrogen) atoms. The summed E-state index contributed by atoms with van der Waals surface area (Å²) in [6.45, 7) is 6.74. The predicted molar refractivity (Wildman–Crippen MR) is 59.5 cm³/mol. The molecule has 1 rings (SSSR count). The second-order valence-electron chi connectivity index (χ2n) is 4.66. The molecule has 0 unspecified atom stereocenters. The fourth-order valence-corrected chi connectivity index (χ4v) is 1.50. The van der Waals surface area contributed by atoms with Gasteiger partial charge < -0.3 is 4.90 Å². The lowest BCUT2D eigenvalue weighted by Crippen LogP contribution is -2.18. The molecule has 72 valence electrons. The minimum atomic E-state index is 0.223. The van der Waals surface area contributed by atoms with Crippen LogP contribution in [-0.2, 0) is 5.41 Å². The van der Waals surface area contributed by atoms with Gasteiger partial charge >= 0.3 is 0 Å². The lowest BCUT2D eigenvalue weighted by Gasteiger charge is -2.26. The van der Waals surface area contributed by atoms with Crippen LogP contribution in [0.4, 0.5) is 5.69 Å². The van der Waals surface area contributed by atoms with Gasteiger partial charge in [0.2, 0.25) is 0 Å². The van der Waals surface area contributed by atoms with Crippen LogP contribution in [0.25, 0.3) is 0 Å². The average Bonchev–Trinajstić information content (AvgIpc) is 2.03. The van der Waals surface area contributed by atoms with Crippen LogP contribution in [0.2, 0.25) is 0 Å². The lowest BCUT2D eigenvalue weighted by molar-refractivity contribution is 0.590. The fourth-order valence-electron chi connectivity index (χ4n) is 1.50. The Labute approximate surface area is 81.4 Å². The summed E-state index contributed by atoms with van der Waals surface area (Å²) in [5, 5.41) is 0. The topological polar surface area (TPSA) is 3.24 Å². The molecule has 1 aromatic rings. The molecule has 1 nitrogen and oxygen atoms in total. The zero-order valence-electron chi connectivity index (χ0n) is 9.26. The standard InChI is InChI=1S/C12H19N/c1-12(2,3)10-8-6-7-9-11(10)13(4)5/h6-9H,1-5H3. The number of nitrogens with zero attached hydrogens (tertiary/aromatic N) is 1. The third-order valence-corrected chi connectivity index (χ3v) is 2.19. The largest absolute Gasteiger partial charge is 0.377 e. The summed E-state index contributed by atoms with van der Waals surface area (Å²) in [7, 11) is 4.18. The first-order valence-electron chi connectivity index (χ1n) is 4.70. The van der Waals surface area contributed by atoms with E-state index < -0.39 is 0 Å². The van der Waals surface area contributed by atoms with Crippen LogP contribution in [0.5, 0.6) is 0 Å². The Morgan fingerprint density at radius 2 is 1.54 bits per heavy atom. The van der Waals surface area contributed by atoms with Gasteiger partial charge in [-0.1, -0.05) is 39.0 Å². The smallest absolute Gasteiger partial charge is 0.0398 e.